The van der Waals surface area contributed by atoms with Crippen LogP contribution in [-0.4, -0.2) is 37.4 Å². The molecule has 1 rings (SSSR count). The van der Waals surface area contributed by atoms with Gasteiger partial charge in [0, 0.05) is 19.1 Å². The maximum absolute atomic E-state index is 9.11. The van der Waals surface area contributed by atoms with Crippen molar-refractivity contribution in [1.29, 1.82) is 0 Å². The molecule has 0 saturated carbocycles. The highest BCUT2D eigenvalue weighted by atomic mass is 16.3. The third-order valence-corrected chi connectivity index (χ3v) is 1.74. The largest absolute Gasteiger partial charge is 0.392 e. The van der Waals surface area contributed by atoms with Crippen LogP contribution < -0.4 is 10.6 Å². The molecule has 2 unspecified atom stereocenters. The van der Waals surface area contributed by atoms with Crippen LogP contribution in [0.25, 0.3) is 0 Å². The highest BCUT2D eigenvalue weighted by molar-refractivity contribution is 4.78. The molecule has 0 aromatic heterocycles. The van der Waals surface area contributed by atoms with Crippen LogP contribution in [-0.2, 0) is 0 Å². The van der Waals surface area contributed by atoms with E-state index >= 15 is 0 Å². The zero-order valence-electron chi connectivity index (χ0n) is 5.72. The Morgan fingerprint density at radius 3 is 2.78 bits per heavy atom. The van der Waals surface area contributed by atoms with Crippen molar-refractivity contribution in [2.75, 3.05) is 20.1 Å². The van der Waals surface area contributed by atoms with E-state index in [4.69, 9.17) is 5.11 Å². The number of rotatable bonds is 1. The second kappa shape index (κ2) is 3.15. The average Bonchev–Trinajstić information content (AvgIpc) is 1.88. The van der Waals surface area contributed by atoms with Crippen molar-refractivity contribution in [3.8, 4) is 0 Å². The third kappa shape index (κ3) is 1.93. The van der Waals surface area contributed by atoms with Crippen LogP contribution in [0.3, 0.4) is 0 Å². The number of piperidine rings is 1. The predicted octanol–water partition coefficient (Wildman–Crippen LogP) is -1.07. The molecule has 0 radical (unpaired) electrons. The van der Waals surface area contributed by atoms with E-state index in [-0.39, 0.29) is 6.10 Å². The van der Waals surface area contributed by atoms with Crippen LogP contribution in [0.2, 0.25) is 0 Å². The fraction of sp³-hybridized carbons (Fsp3) is 1.00. The molecule has 9 heavy (non-hydrogen) atoms. The summed E-state index contributed by atoms with van der Waals surface area (Å²) in [4.78, 5) is 0. The summed E-state index contributed by atoms with van der Waals surface area (Å²) in [6.45, 7) is 1.73. The van der Waals surface area contributed by atoms with Crippen molar-refractivity contribution in [3.05, 3.63) is 0 Å². The first-order valence-electron chi connectivity index (χ1n) is 3.39. The average molecular weight is 130 g/mol. The van der Waals surface area contributed by atoms with Gasteiger partial charge in [-0.2, -0.15) is 0 Å². The molecule has 3 heteroatoms. The molecular formula is C6H14N2O. The van der Waals surface area contributed by atoms with Crippen molar-refractivity contribution < 1.29 is 5.11 Å². The maximum Gasteiger partial charge on any atom is 0.0679 e. The molecule has 54 valence electrons. The van der Waals surface area contributed by atoms with Gasteiger partial charge in [0.2, 0.25) is 0 Å². The first kappa shape index (κ1) is 6.99. The van der Waals surface area contributed by atoms with Gasteiger partial charge in [-0.25, -0.2) is 0 Å². The summed E-state index contributed by atoms with van der Waals surface area (Å²) in [6, 6.07) is 0.453. The number of aliphatic hydroxyl groups excluding tert-OH is 1. The molecule has 2 atom stereocenters. The monoisotopic (exact) mass is 130 g/mol. The van der Waals surface area contributed by atoms with Crippen LogP contribution >= 0.6 is 0 Å². The van der Waals surface area contributed by atoms with Crippen LogP contribution in [0.1, 0.15) is 6.42 Å². The normalized spacial score (nSPS) is 36.7. The fourth-order valence-corrected chi connectivity index (χ4v) is 1.14. The Morgan fingerprint density at radius 1 is 1.56 bits per heavy atom. The molecular weight excluding hydrogens is 116 g/mol. The summed E-state index contributed by atoms with van der Waals surface area (Å²) in [5.74, 6) is 0. The lowest BCUT2D eigenvalue weighted by Gasteiger charge is -2.26. The van der Waals surface area contributed by atoms with E-state index in [1.54, 1.807) is 0 Å². The van der Waals surface area contributed by atoms with E-state index in [0.29, 0.717) is 6.04 Å². The first-order valence-corrected chi connectivity index (χ1v) is 3.39. The van der Waals surface area contributed by atoms with Gasteiger partial charge in [0.05, 0.1) is 6.10 Å². The summed E-state index contributed by atoms with van der Waals surface area (Å²) in [5.41, 5.74) is 0. The third-order valence-electron chi connectivity index (χ3n) is 1.74. The molecule has 1 saturated heterocycles. The Morgan fingerprint density at radius 2 is 2.33 bits per heavy atom. The van der Waals surface area contributed by atoms with Crippen LogP contribution in [0.15, 0.2) is 0 Å². The molecule has 0 aromatic carbocycles. The Bertz CT molecular complexity index is 87.1. The van der Waals surface area contributed by atoms with E-state index in [2.05, 4.69) is 10.6 Å². The minimum Gasteiger partial charge on any atom is -0.392 e. The maximum atomic E-state index is 9.11. The zero-order chi connectivity index (χ0) is 6.69. The number of β-amino-alcohol motifs (C(OH)–C–C–N with tert-alkyl or cyclic N) is 1. The van der Waals surface area contributed by atoms with Crippen molar-refractivity contribution in [2.24, 2.45) is 0 Å². The standard InChI is InChI=1S/C6H14N2O/c1-7-5-2-6(9)4-8-3-5/h5-9H,2-4H2,1H3. The van der Waals surface area contributed by atoms with Gasteiger partial charge in [-0.3, -0.25) is 0 Å². The van der Waals surface area contributed by atoms with Crippen LogP contribution in [0, 0.1) is 0 Å². The highest BCUT2D eigenvalue weighted by Crippen LogP contribution is 2.00. The summed E-state index contributed by atoms with van der Waals surface area (Å²) >= 11 is 0. The van der Waals surface area contributed by atoms with Crippen molar-refractivity contribution in [2.45, 2.75) is 18.6 Å². The molecule has 0 amide bonds. The molecule has 3 nitrogen and oxygen atoms in total. The van der Waals surface area contributed by atoms with Gasteiger partial charge in [0.1, 0.15) is 0 Å². The second-order valence-electron chi connectivity index (χ2n) is 2.53. The summed E-state index contributed by atoms with van der Waals surface area (Å²) in [5, 5.41) is 15.3. The van der Waals surface area contributed by atoms with E-state index in [1.165, 1.54) is 0 Å². The van der Waals surface area contributed by atoms with Gasteiger partial charge >= 0.3 is 0 Å². The number of aliphatic hydroxyl groups is 1. The molecule has 1 heterocycles. The van der Waals surface area contributed by atoms with Gasteiger partial charge < -0.3 is 15.7 Å². The molecule has 0 bridgehead atoms. The molecule has 0 spiro atoms. The van der Waals surface area contributed by atoms with E-state index in [1.807, 2.05) is 7.05 Å². The Hall–Kier alpha value is -0.120. The lowest BCUT2D eigenvalue weighted by molar-refractivity contribution is 0.126. The van der Waals surface area contributed by atoms with Gasteiger partial charge in [-0.15, -0.1) is 0 Å². The fourth-order valence-electron chi connectivity index (χ4n) is 1.14. The van der Waals surface area contributed by atoms with Crippen molar-refractivity contribution >= 4 is 0 Å². The van der Waals surface area contributed by atoms with Gasteiger partial charge in [0.25, 0.3) is 0 Å². The molecule has 1 aliphatic rings. The summed E-state index contributed by atoms with van der Waals surface area (Å²) < 4.78 is 0. The molecule has 1 fully saturated rings. The molecule has 0 aliphatic carbocycles. The highest BCUT2D eigenvalue weighted by Gasteiger charge is 2.16. The Labute approximate surface area is 55.5 Å². The van der Waals surface area contributed by atoms with Gasteiger partial charge in [-0.05, 0) is 13.5 Å². The summed E-state index contributed by atoms with van der Waals surface area (Å²) in [6.07, 6.45) is 0.722. The minimum absolute atomic E-state index is 0.156. The topological polar surface area (TPSA) is 44.3 Å². The Balaban J connectivity index is 2.23. The van der Waals surface area contributed by atoms with Crippen LogP contribution in [0.4, 0.5) is 0 Å². The SMILES string of the molecule is CNC1CNCC(O)C1. The van der Waals surface area contributed by atoms with Crippen molar-refractivity contribution in [1.82, 2.24) is 10.6 Å². The number of hydrogen-bond acceptors (Lipinski definition) is 3. The number of likely N-dealkylation sites (N-methyl/N-ethyl adjacent to an activating group) is 1. The minimum atomic E-state index is -0.156. The first-order chi connectivity index (χ1) is 4.33. The van der Waals surface area contributed by atoms with Gasteiger partial charge in [0.15, 0.2) is 0 Å². The molecule has 3 N–H and O–H groups in total. The van der Waals surface area contributed by atoms with E-state index in [9.17, 15) is 0 Å². The number of hydrogen-bond donors (Lipinski definition) is 3. The zero-order valence-corrected chi connectivity index (χ0v) is 5.72. The molecule has 1 aliphatic heterocycles. The predicted molar refractivity (Wildman–Crippen MR) is 36.3 cm³/mol. The van der Waals surface area contributed by atoms with Gasteiger partial charge in [-0.1, -0.05) is 0 Å². The number of nitrogens with one attached hydrogen (secondary N) is 2. The van der Waals surface area contributed by atoms with E-state index < -0.39 is 0 Å². The second-order valence-corrected chi connectivity index (χ2v) is 2.53. The lowest BCUT2D eigenvalue weighted by atomic mass is 10.1. The van der Waals surface area contributed by atoms with Crippen LogP contribution in [0.5, 0.6) is 0 Å². The molecule has 0 aromatic rings. The van der Waals surface area contributed by atoms with Crippen molar-refractivity contribution in [3.63, 3.8) is 0 Å². The Kier molecular flexibility index (Phi) is 2.45. The summed E-state index contributed by atoms with van der Waals surface area (Å²) in [7, 11) is 1.92. The smallest absolute Gasteiger partial charge is 0.0679 e. The lowest BCUT2D eigenvalue weighted by Crippen LogP contribution is -2.47. The van der Waals surface area contributed by atoms with E-state index in [0.717, 1.165) is 19.5 Å². The quantitative estimate of drug-likeness (QED) is 0.423.